The van der Waals surface area contributed by atoms with Crippen LogP contribution in [-0.4, -0.2) is 22.7 Å². The van der Waals surface area contributed by atoms with Crippen LogP contribution in [0.25, 0.3) is 11.4 Å². The molecule has 146 valence electrons. The molecule has 0 bridgehead atoms. The molecule has 8 heteroatoms. The van der Waals surface area contributed by atoms with E-state index in [2.05, 4.69) is 15.5 Å². The van der Waals surface area contributed by atoms with Crippen LogP contribution >= 0.6 is 23.2 Å². The third-order valence-electron chi connectivity index (χ3n) is 3.98. The van der Waals surface area contributed by atoms with Crippen LogP contribution in [0.5, 0.6) is 5.75 Å². The minimum Gasteiger partial charge on any atom is -0.482 e. The van der Waals surface area contributed by atoms with Crippen LogP contribution in [0.1, 0.15) is 25.8 Å². The van der Waals surface area contributed by atoms with Crippen LogP contribution in [0.2, 0.25) is 10.0 Å². The fourth-order valence-corrected chi connectivity index (χ4v) is 2.99. The third kappa shape index (κ3) is 5.03. The van der Waals surface area contributed by atoms with Crippen molar-refractivity contribution >= 4 is 29.1 Å². The van der Waals surface area contributed by atoms with E-state index in [4.69, 9.17) is 32.5 Å². The molecule has 0 saturated carbocycles. The highest BCUT2D eigenvalue weighted by atomic mass is 35.5. The average molecular weight is 420 g/mol. The maximum atomic E-state index is 12.4. The Morgan fingerprint density at radius 1 is 1.18 bits per heavy atom. The molecule has 0 aliphatic rings. The Morgan fingerprint density at radius 2 is 1.93 bits per heavy atom. The predicted molar refractivity (Wildman–Crippen MR) is 107 cm³/mol. The largest absolute Gasteiger partial charge is 0.482 e. The van der Waals surface area contributed by atoms with Gasteiger partial charge >= 0.3 is 0 Å². The second kappa shape index (κ2) is 9.08. The standard InChI is InChI=1S/C20H19Cl2N3O3/c1-12(2)18(20-24-19(25-28-20)13-6-4-3-5-7-13)23-17(26)11-27-16-9-8-14(21)10-15(16)22/h3-10,12,18H,11H2,1-2H3,(H,23,26)/t18-/m1/s1. The van der Waals surface area contributed by atoms with E-state index < -0.39 is 6.04 Å². The molecule has 28 heavy (non-hydrogen) atoms. The molecule has 0 fully saturated rings. The van der Waals surface area contributed by atoms with Crippen molar-refractivity contribution in [3.05, 3.63) is 64.5 Å². The molecule has 1 aromatic heterocycles. The van der Waals surface area contributed by atoms with Gasteiger partial charge in [0.1, 0.15) is 11.8 Å². The lowest BCUT2D eigenvalue weighted by molar-refractivity contribution is -0.124. The molecule has 1 N–H and O–H groups in total. The molecular weight excluding hydrogens is 401 g/mol. The minimum atomic E-state index is -0.443. The number of rotatable bonds is 7. The maximum absolute atomic E-state index is 12.4. The molecule has 0 aliphatic heterocycles. The van der Waals surface area contributed by atoms with Crippen LogP contribution in [0.3, 0.4) is 0 Å². The normalized spacial score (nSPS) is 12.0. The number of nitrogens with zero attached hydrogens (tertiary/aromatic N) is 2. The second-order valence-electron chi connectivity index (χ2n) is 6.47. The monoisotopic (exact) mass is 419 g/mol. The Hall–Kier alpha value is -2.57. The van der Waals surface area contributed by atoms with Crippen LogP contribution in [-0.2, 0) is 4.79 Å². The number of carbonyl (C=O) groups is 1. The molecule has 6 nitrogen and oxygen atoms in total. The molecule has 0 saturated heterocycles. The van der Waals surface area contributed by atoms with E-state index >= 15 is 0 Å². The summed E-state index contributed by atoms with van der Waals surface area (Å²) in [7, 11) is 0. The highest BCUT2D eigenvalue weighted by molar-refractivity contribution is 6.35. The Bertz CT molecular complexity index is 945. The molecule has 0 spiro atoms. The third-order valence-corrected chi connectivity index (χ3v) is 4.51. The van der Waals surface area contributed by atoms with E-state index in [1.54, 1.807) is 18.2 Å². The smallest absolute Gasteiger partial charge is 0.258 e. The summed E-state index contributed by atoms with van der Waals surface area (Å²) in [4.78, 5) is 16.8. The van der Waals surface area contributed by atoms with Gasteiger partial charge in [-0.15, -0.1) is 0 Å². The summed E-state index contributed by atoms with van der Waals surface area (Å²) in [5, 5.41) is 7.71. The number of hydrogen-bond acceptors (Lipinski definition) is 5. The van der Waals surface area contributed by atoms with Crippen LogP contribution in [0, 0.1) is 5.92 Å². The lowest BCUT2D eigenvalue weighted by Crippen LogP contribution is -2.35. The average Bonchev–Trinajstić information content (AvgIpc) is 3.15. The number of aromatic nitrogens is 2. The van der Waals surface area contributed by atoms with Crippen LogP contribution in [0.4, 0.5) is 0 Å². The van der Waals surface area contributed by atoms with E-state index in [9.17, 15) is 4.79 Å². The van der Waals surface area contributed by atoms with Crippen molar-refractivity contribution in [1.82, 2.24) is 15.5 Å². The van der Waals surface area contributed by atoms with Crippen LogP contribution in [0.15, 0.2) is 53.1 Å². The zero-order valence-corrected chi connectivity index (χ0v) is 16.9. The van der Waals surface area contributed by atoms with Crippen molar-refractivity contribution in [2.45, 2.75) is 19.9 Å². The Labute approximate surface area is 172 Å². The molecule has 3 rings (SSSR count). The SMILES string of the molecule is CC(C)[C@@H](NC(=O)COc1ccc(Cl)cc1Cl)c1nc(-c2ccccc2)no1. The fraction of sp³-hybridized carbons (Fsp3) is 0.250. The number of halogens is 2. The van der Waals surface area contributed by atoms with Crippen molar-refractivity contribution in [1.29, 1.82) is 0 Å². The van der Waals surface area contributed by atoms with Gasteiger partial charge in [0.05, 0.1) is 5.02 Å². The predicted octanol–water partition coefficient (Wildman–Crippen LogP) is 4.94. The maximum Gasteiger partial charge on any atom is 0.258 e. The molecule has 1 atom stereocenters. The van der Waals surface area contributed by atoms with Gasteiger partial charge in [-0.25, -0.2) is 0 Å². The zero-order valence-electron chi connectivity index (χ0n) is 15.4. The summed E-state index contributed by atoms with van der Waals surface area (Å²) in [5.41, 5.74) is 0.840. The fourth-order valence-electron chi connectivity index (χ4n) is 2.53. The number of hydrogen-bond donors (Lipinski definition) is 1. The van der Waals surface area contributed by atoms with Gasteiger partial charge in [-0.05, 0) is 24.1 Å². The summed E-state index contributed by atoms with van der Waals surface area (Å²) in [5.74, 6) is 0.897. The summed E-state index contributed by atoms with van der Waals surface area (Å²) >= 11 is 11.9. The van der Waals surface area contributed by atoms with Crippen molar-refractivity contribution < 1.29 is 14.1 Å². The number of carbonyl (C=O) groups excluding carboxylic acids is 1. The van der Waals surface area contributed by atoms with Gasteiger partial charge in [-0.2, -0.15) is 4.98 Å². The van der Waals surface area contributed by atoms with E-state index in [0.717, 1.165) is 5.56 Å². The van der Waals surface area contributed by atoms with E-state index in [1.165, 1.54) is 0 Å². The Kier molecular flexibility index (Phi) is 6.54. The van der Waals surface area contributed by atoms with E-state index in [0.29, 0.717) is 27.5 Å². The topological polar surface area (TPSA) is 77.2 Å². The van der Waals surface area contributed by atoms with Gasteiger partial charge in [0.15, 0.2) is 6.61 Å². The van der Waals surface area contributed by atoms with Gasteiger partial charge in [-0.1, -0.05) is 72.5 Å². The van der Waals surface area contributed by atoms with Crippen molar-refractivity contribution in [2.75, 3.05) is 6.61 Å². The molecule has 3 aromatic rings. The van der Waals surface area contributed by atoms with Crippen LogP contribution < -0.4 is 10.1 Å². The second-order valence-corrected chi connectivity index (χ2v) is 7.32. The van der Waals surface area contributed by atoms with Gasteiger partial charge in [0.25, 0.3) is 5.91 Å². The first-order valence-electron chi connectivity index (χ1n) is 8.70. The lowest BCUT2D eigenvalue weighted by Gasteiger charge is -2.18. The molecule has 1 amide bonds. The zero-order chi connectivity index (χ0) is 20.1. The first-order valence-corrected chi connectivity index (χ1v) is 9.46. The quantitative estimate of drug-likeness (QED) is 0.586. The molecule has 2 aromatic carbocycles. The Morgan fingerprint density at radius 3 is 2.61 bits per heavy atom. The van der Waals surface area contributed by atoms with Crippen molar-refractivity contribution in [3.63, 3.8) is 0 Å². The summed E-state index contributed by atoms with van der Waals surface area (Å²) < 4.78 is 10.9. The molecule has 0 radical (unpaired) electrons. The number of benzene rings is 2. The Balaban J connectivity index is 1.66. The number of ether oxygens (including phenoxy) is 1. The number of nitrogens with one attached hydrogen (secondary N) is 1. The molecule has 0 unspecified atom stereocenters. The first-order chi connectivity index (χ1) is 13.4. The highest BCUT2D eigenvalue weighted by Crippen LogP contribution is 2.28. The van der Waals surface area contributed by atoms with Gasteiger partial charge in [0, 0.05) is 10.6 Å². The summed E-state index contributed by atoms with van der Waals surface area (Å²) in [6, 6.07) is 13.8. The van der Waals surface area contributed by atoms with E-state index in [-0.39, 0.29) is 18.4 Å². The molecular formula is C20H19Cl2N3O3. The van der Waals surface area contributed by atoms with Gasteiger partial charge < -0.3 is 14.6 Å². The first kappa shape index (κ1) is 20.2. The van der Waals surface area contributed by atoms with Crippen molar-refractivity contribution in [2.24, 2.45) is 5.92 Å². The van der Waals surface area contributed by atoms with E-state index in [1.807, 2.05) is 44.2 Å². The number of amides is 1. The van der Waals surface area contributed by atoms with Gasteiger partial charge in [-0.3, -0.25) is 4.79 Å². The van der Waals surface area contributed by atoms with Crippen molar-refractivity contribution in [3.8, 4) is 17.1 Å². The van der Waals surface area contributed by atoms with Gasteiger partial charge in [0.2, 0.25) is 11.7 Å². The highest BCUT2D eigenvalue weighted by Gasteiger charge is 2.25. The molecule has 1 heterocycles. The lowest BCUT2D eigenvalue weighted by atomic mass is 10.0. The molecule has 0 aliphatic carbocycles. The minimum absolute atomic E-state index is 0.0344. The summed E-state index contributed by atoms with van der Waals surface area (Å²) in [6.45, 7) is 3.70. The summed E-state index contributed by atoms with van der Waals surface area (Å²) in [6.07, 6.45) is 0.